The predicted molar refractivity (Wildman–Crippen MR) is 100 cm³/mol. The summed E-state index contributed by atoms with van der Waals surface area (Å²) in [7, 11) is 0. The number of nitrogens with one attached hydrogen (secondary N) is 1. The summed E-state index contributed by atoms with van der Waals surface area (Å²) in [5.41, 5.74) is 2.21. The second-order valence-electron chi connectivity index (χ2n) is 7.29. The normalized spacial score (nSPS) is 18.1. The van der Waals surface area contributed by atoms with Crippen molar-refractivity contribution in [2.24, 2.45) is 0 Å². The summed E-state index contributed by atoms with van der Waals surface area (Å²) in [5.74, 6) is 0.654. The number of piperidine rings is 1. The van der Waals surface area contributed by atoms with Crippen LogP contribution in [0.25, 0.3) is 0 Å². The van der Waals surface area contributed by atoms with E-state index in [1.807, 2.05) is 41.8 Å². The fourth-order valence-corrected chi connectivity index (χ4v) is 3.62. The van der Waals surface area contributed by atoms with E-state index in [-0.39, 0.29) is 24.6 Å². The number of benzene rings is 1. The number of ether oxygens (including phenoxy) is 1. The van der Waals surface area contributed by atoms with Gasteiger partial charge in [0.25, 0.3) is 5.91 Å². The lowest BCUT2D eigenvalue weighted by Gasteiger charge is -2.34. The number of hydrogen-bond donors (Lipinski definition) is 1. The summed E-state index contributed by atoms with van der Waals surface area (Å²) in [4.78, 5) is 28.4. The molecule has 2 fully saturated rings. The van der Waals surface area contributed by atoms with Gasteiger partial charge in [0, 0.05) is 32.2 Å². The van der Waals surface area contributed by atoms with E-state index in [1.165, 1.54) is 0 Å². The van der Waals surface area contributed by atoms with E-state index < -0.39 is 0 Å². The van der Waals surface area contributed by atoms with Gasteiger partial charge in [0.2, 0.25) is 0 Å². The van der Waals surface area contributed by atoms with E-state index >= 15 is 0 Å². The smallest absolute Gasteiger partial charge is 0.319 e. The molecular weight excluding hydrogens is 330 g/mol. The lowest BCUT2D eigenvalue weighted by atomic mass is 10.1. The van der Waals surface area contributed by atoms with Gasteiger partial charge in [0.1, 0.15) is 5.75 Å². The van der Waals surface area contributed by atoms with Crippen LogP contribution in [0, 0.1) is 13.8 Å². The van der Waals surface area contributed by atoms with Gasteiger partial charge in [-0.2, -0.15) is 0 Å². The highest BCUT2D eigenvalue weighted by Crippen LogP contribution is 2.20. The van der Waals surface area contributed by atoms with Gasteiger partial charge in [-0.05, 0) is 56.7 Å². The molecule has 0 aromatic heterocycles. The number of aryl methyl sites for hydroxylation is 1. The second kappa shape index (κ2) is 8.43. The first kappa shape index (κ1) is 18.5. The van der Waals surface area contributed by atoms with Crippen LogP contribution in [-0.2, 0) is 4.79 Å². The van der Waals surface area contributed by atoms with Gasteiger partial charge in [0.15, 0.2) is 6.61 Å². The maximum atomic E-state index is 12.4. The van der Waals surface area contributed by atoms with Gasteiger partial charge >= 0.3 is 6.03 Å². The Labute approximate surface area is 155 Å². The number of carbonyl (C=O) groups excluding carboxylic acids is 2. The number of amides is 3. The summed E-state index contributed by atoms with van der Waals surface area (Å²) in [6.07, 6.45) is 3.82. The Morgan fingerprint density at radius 2 is 1.73 bits per heavy atom. The van der Waals surface area contributed by atoms with Crippen LogP contribution in [0.3, 0.4) is 0 Å². The van der Waals surface area contributed by atoms with Gasteiger partial charge in [-0.1, -0.05) is 12.1 Å². The first-order valence-electron chi connectivity index (χ1n) is 9.57. The Kier molecular flexibility index (Phi) is 6.01. The Balaban J connectivity index is 1.40. The Hall–Kier alpha value is -2.24. The van der Waals surface area contributed by atoms with E-state index in [1.54, 1.807) is 0 Å². The molecule has 2 saturated heterocycles. The van der Waals surface area contributed by atoms with Crippen LogP contribution in [0.4, 0.5) is 4.79 Å². The summed E-state index contributed by atoms with van der Waals surface area (Å²) in [6, 6.07) is 6.12. The molecule has 6 nitrogen and oxygen atoms in total. The molecule has 0 bridgehead atoms. The monoisotopic (exact) mass is 359 g/mol. The first-order valence-corrected chi connectivity index (χ1v) is 9.57. The zero-order chi connectivity index (χ0) is 18.5. The van der Waals surface area contributed by atoms with Gasteiger partial charge in [-0.3, -0.25) is 4.79 Å². The van der Waals surface area contributed by atoms with Crippen molar-refractivity contribution in [3.8, 4) is 5.75 Å². The van der Waals surface area contributed by atoms with Crippen molar-refractivity contribution in [2.75, 3.05) is 32.8 Å². The zero-order valence-electron chi connectivity index (χ0n) is 15.8. The van der Waals surface area contributed by atoms with Gasteiger partial charge in [-0.25, -0.2) is 4.79 Å². The zero-order valence-corrected chi connectivity index (χ0v) is 15.8. The summed E-state index contributed by atoms with van der Waals surface area (Å²) >= 11 is 0. The third-order valence-electron chi connectivity index (χ3n) is 5.42. The molecule has 0 spiro atoms. The molecule has 3 rings (SSSR count). The van der Waals surface area contributed by atoms with Crippen LogP contribution in [0.15, 0.2) is 18.2 Å². The Morgan fingerprint density at radius 1 is 1.08 bits per heavy atom. The third-order valence-corrected chi connectivity index (χ3v) is 5.42. The SMILES string of the molecule is Cc1cccc(OCC(=O)NC2CCN(C(=O)N3CCCC3)CC2)c1C. The van der Waals surface area contributed by atoms with Crippen molar-refractivity contribution in [3.63, 3.8) is 0 Å². The van der Waals surface area contributed by atoms with Crippen molar-refractivity contribution < 1.29 is 14.3 Å². The number of hydrogen-bond acceptors (Lipinski definition) is 3. The molecule has 0 unspecified atom stereocenters. The molecule has 0 atom stereocenters. The lowest BCUT2D eigenvalue weighted by Crippen LogP contribution is -2.50. The lowest BCUT2D eigenvalue weighted by molar-refractivity contribution is -0.124. The standard InChI is InChI=1S/C20H29N3O3/c1-15-6-5-7-18(16(15)2)26-14-19(24)21-17-8-12-23(13-9-17)20(25)22-10-3-4-11-22/h5-7,17H,3-4,8-14H2,1-2H3,(H,21,24). The van der Waals surface area contributed by atoms with Gasteiger partial charge in [0.05, 0.1) is 0 Å². The fraction of sp³-hybridized carbons (Fsp3) is 0.600. The van der Waals surface area contributed by atoms with Crippen molar-refractivity contribution >= 4 is 11.9 Å². The fourth-order valence-electron chi connectivity index (χ4n) is 3.62. The molecule has 0 saturated carbocycles. The molecule has 0 aliphatic carbocycles. The molecule has 3 amide bonds. The predicted octanol–water partition coefficient (Wildman–Crippen LogP) is 2.48. The highest BCUT2D eigenvalue weighted by atomic mass is 16.5. The topological polar surface area (TPSA) is 61.9 Å². The highest BCUT2D eigenvalue weighted by Gasteiger charge is 2.28. The molecule has 142 valence electrons. The van der Waals surface area contributed by atoms with Crippen molar-refractivity contribution in [1.29, 1.82) is 0 Å². The average Bonchev–Trinajstić information content (AvgIpc) is 3.18. The van der Waals surface area contributed by atoms with Crippen LogP contribution >= 0.6 is 0 Å². The number of likely N-dealkylation sites (tertiary alicyclic amines) is 2. The van der Waals surface area contributed by atoms with Crippen molar-refractivity contribution in [2.45, 2.75) is 45.6 Å². The van der Waals surface area contributed by atoms with Crippen LogP contribution in [-0.4, -0.2) is 60.6 Å². The molecule has 6 heteroatoms. The Morgan fingerprint density at radius 3 is 2.42 bits per heavy atom. The van der Waals surface area contributed by atoms with E-state index in [0.29, 0.717) is 13.1 Å². The molecule has 1 aromatic rings. The maximum absolute atomic E-state index is 12.4. The van der Waals surface area contributed by atoms with E-state index in [0.717, 1.165) is 55.6 Å². The molecular formula is C20H29N3O3. The molecule has 2 aliphatic rings. The maximum Gasteiger partial charge on any atom is 0.319 e. The van der Waals surface area contributed by atoms with E-state index in [9.17, 15) is 9.59 Å². The average molecular weight is 359 g/mol. The minimum atomic E-state index is -0.102. The quantitative estimate of drug-likeness (QED) is 0.898. The molecule has 0 radical (unpaired) electrons. The van der Waals surface area contributed by atoms with Crippen LogP contribution in [0.1, 0.15) is 36.8 Å². The minimum absolute atomic E-state index is 0.0250. The minimum Gasteiger partial charge on any atom is -0.483 e. The number of rotatable bonds is 4. The summed E-state index contributed by atoms with van der Waals surface area (Å²) in [6.45, 7) is 7.22. The molecule has 26 heavy (non-hydrogen) atoms. The van der Waals surface area contributed by atoms with Gasteiger partial charge in [-0.15, -0.1) is 0 Å². The molecule has 2 aliphatic heterocycles. The van der Waals surface area contributed by atoms with E-state index in [2.05, 4.69) is 5.32 Å². The van der Waals surface area contributed by atoms with E-state index in [4.69, 9.17) is 4.74 Å². The first-order chi connectivity index (χ1) is 12.5. The van der Waals surface area contributed by atoms with Crippen LogP contribution in [0.2, 0.25) is 0 Å². The number of urea groups is 1. The van der Waals surface area contributed by atoms with Crippen LogP contribution < -0.4 is 10.1 Å². The number of nitrogens with zero attached hydrogens (tertiary/aromatic N) is 2. The Bertz CT molecular complexity index is 648. The van der Waals surface area contributed by atoms with Crippen LogP contribution in [0.5, 0.6) is 5.75 Å². The molecule has 1 aromatic carbocycles. The third kappa shape index (κ3) is 4.48. The summed E-state index contributed by atoms with van der Waals surface area (Å²) < 4.78 is 5.66. The molecule has 2 heterocycles. The number of carbonyl (C=O) groups is 2. The van der Waals surface area contributed by atoms with Gasteiger partial charge < -0.3 is 19.9 Å². The largest absolute Gasteiger partial charge is 0.483 e. The van der Waals surface area contributed by atoms with Crippen molar-refractivity contribution in [1.82, 2.24) is 15.1 Å². The summed E-state index contributed by atoms with van der Waals surface area (Å²) in [5, 5.41) is 3.04. The highest BCUT2D eigenvalue weighted by molar-refractivity contribution is 5.78. The van der Waals surface area contributed by atoms with Crippen molar-refractivity contribution in [3.05, 3.63) is 29.3 Å². The molecule has 1 N–H and O–H groups in total. The second-order valence-corrected chi connectivity index (χ2v) is 7.29.